The fourth-order valence-corrected chi connectivity index (χ4v) is 2.57. The summed E-state index contributed by atoms with van der Waals surface area (Å²) >= 11 is 9.37. The van der Waals surface area contributed by atoms with Crippen LogP contribution in [-0.4, -0.2) is 15.8 Å². The van der Waals surface area contributed by atoms with Gasteiger partial charge in [0.1, 0.15) is 0 Å². The molecule has 0 bridgehead atoms. The number of fused-ring (bicyclic) bond motifs is 1. The molecule has 3 rings (SSSR count). The van der Waals surface area contributed by atoms with E-state index in [2.05, 4.69) is 25.9 Å². The second-order valence-electron chi connectivity index (χ2n) is 4.29. The lowest BCUT2D eigenvalue weighted by atomic mass is 10.0. The number of nitrogens with one attached hydrogen (secondary N) is 2. The molecule has 0 amide bonds. The summed E-state index contributed by atoms with van der Waals surface area (Å²) in [6.07, 6.45) is 0. The van der Waals surface area contributed by atoms with Gasteiger partial charge in [-0.2, -0.15) is 0 Å². The van der Waals surface area contributed by atoms with E-state index in [1.807, 2.05) is 0 Å². The van der Waals surface area contributed by atoms with Gasteiger partial charge < -0.3 is 9.97 Å². The number of aromatic amines is 2. The highest BCUT2D eigenvalue weighted by Gasteiger charge is 2.14. The SMILES string of the molecule is O=C(c1ccc2[nH]c(=O)[nH]c2c1)c1cc(Br)ccc1Cl. The van der Waals surface area contributed by atoms with E-state index in [0.717, 1.165) is 4.47 Å². The summed E-state index contributed by atoms with van der Waals surface area (Å²) in [7, 11) is 0. The third kappa shape index (κ3) is 2.30. The van der Waals surface area contributed by atoms with E-state index in [4.69, 9.17) is 11.6 Å². The number of aromatic nitrogens is 2. The molecular weight excluding hydrogens is 344 g/mol. The van der Waals surface area contributed by atoms with Gasteiger partial charge in [-0.1, -0.05) is 27.5 Å². The van der Waals surface area contributed by atoms with Gasteiger partial charge in [-0.3, -0.25) is 4.79 Å². The fraction of sp³-hybridized carbons (Fsp3) is 0. The van der Waals surface area contributed by atoms with E-state index in [1.54, 1.807) is 36.4 Å². The highest BCUT2D eigenvalue weighted by molar-refractivity contribution is 9.10. The van der Waals surface area contributed by atoms with Crippen LogP contribution in [-0.2, 0) is 0 Å². The quantitative estimate of drug-likeness (QED) is 0.694. The molecule has 0 radical (unpaired) electrons. The Bertz CT molecular complexity index is 882. The molecule has 0 aliphatic heterocycles. The molecule has 6 heteroatoms. The standard InChI is InChI=1S/C14H8BrClN2O2/c15-8-2-3-10(16)9(6-8)13(19)7-1-4-11-12(5-7)18-14(20)17-11/h1-6H,(H2,17,18,20). The van der Waals surface area contributed by atoms with Gasteiger partial charge in [0.25, 0.3) is 0 Å². The van der Waals surface area contributed by atoms with Crippen LogP contribution in [0.5, 0.6) is 0 Å². The van der Waals surface area contributed by atoms with Gasteiger partial charge >= 0.3 is 5.69 Å². The van der Waals surface area contributed by atoms with Crippen LogP contribution in [0.2, 0.25) is 5.02 Å². The lowest BCUT2D eigenvalue weighted by molar-refractivity contribution is 0.103. The van der Waals surface area contributed by atoms with Crippen LogP contribution in [0, 0.1) is 0 Å². The molecule has 20 heavy (non-hydrogen) atoms. The predicted molar refractivity (Wildman–Crippen MR) is 81.5 cm³/mol. The molecule has 100 valence electrons. The van der Waals surface area contributed by atoms with Crippen molar-refractivity contribution in [1.29, 1.82) is 0 Å². The zero-order valence-electron chi connectivity index (χ0n) is 10.0. The summed E-state index contributed by atoms with van der Waals surface area (Å²) in [4.78, 5) is 28.9. The topological polar surface area (TPSA) is 65.7 Å². The van der Waals surface area contributed by atoms with Crippen molar-refractivity contribution in [2.45, 2.75) is 0 Å². The van der Waals surface area contributed by atoms with Crippen LogP contribution in [0.4, 0.5) is 0 Å². The largest absolute Gasteiger partial charge is 0.323 e. The van der Waals surface area contributed by atoms with Crippen molar-refractivity contribution in [2.75, 3.05) is 0 Å². The Morgan fingerprint density at radius 3 is 2.60 bits per heavy atom. The lowest BCUT2D eigenvalue weighted by Gasteiger charge is -2.04. The van der Waals surface area contributed by atoms with E-state index in [9.17, 15) is 9.59 Å². The molecule has 1 aromatic heterocycles. The summed E-state index contributed by atoms with van der Waals surface area (Å²) in [5, 5.41) is 0.390. The molecule has 1 heterocycles. The van der Waals surface area contributed by atoms with E-state index >= 15 is 0 Å². The number of carbonyl (C=O) groups is 1. The number of imidazole rings is 1. The zero-order valence-corrected chi connectivity index (χ0v) is 12.4. The molecule has 0 saturated carbocycles. The first-order chi connectivity index (χ1) is 9.54. The monoisotopic (exact) mass is 350 g/mol. The number of H-pyrrole nitrogens is 2. The molecular formula is C14H8BrClN2O2. The van der Waals surface area contributed by atoms with E-state index < -0.39 is 0 Å². The first kappa shape index (κ1) is 13.1. The summed E-state index contributed by atoms with van der Waals surface area (Å²) < 4.78 is 0.779. The first-order valence-electron chi connectivity index (χ1n) is 5.76. The summed E-state index contributed by atoms with van der Waals surface area (Å²) in [5.41, 5.74) is 1.83. The van der Waals surface area contributed by atoms with Crippen LogP contribution in [0.25, 0.3) is 11.0 Å². The summed E-state index contributed by atoms with van der Waals surface area (Å²) in [6.45, 7) is 0. The maximum absolute atomic E-state index is 12.5. The van der Waals surface area contributed by atoms with Gasteiger partial charge in [-0.25, -0.2) is 4.79 Å². The molecule has 2 N–H and O–H groups in total. The van der Waals surface area contributed by atoms with Crippen molar-refractivity contribution in [1.82, 2.24) is 9.97 Å². The lowest BCUT2D eigenvalue weighted by Crippen LogP contribution is -2.02. The van der Waals surface area contributed by atoms with Gasteiger partial charge in [0.15, 0.2) is 5.78 Å². The highest BCUT2D eigenvalue weighted by Crippen LogP contribution is 2.24. The molecule has 4 nitrogen and oxygen atoms in total. The number of hydrogen-bond acceptors (Lipinski definition) is 2. The second-order valence-corrected chi connectivity index (χ2v) is 5.62. The first-order valence-corrected chi connectivity index (χ1v) is 6.93. The van der Waals surface area contributed by atoms with Gasteiger partial charge in [0.05, 0.1) is 16.1 Å². The van der Waals surface area contributed by atoms with Crippen LogP contribution in [0.3, 0.4) is 0 Å². The maximum Gasteiger partial charge on any atom is 0.323 e. The van der Waals surface area contributed by atoms with E-state index in [-0.39, 0.29) is 11.5 Å². The van der Waals surface area contributed by atoms with Gasteiger partial charge in [-0.05, 0) is 36.4 Å². The number of benzene rings is 2. The maximum atomic E-state index is 12.5. The highest BCUT2D eigenvalue weighted by atomic mass is 79.9. The van der Waals surface area contributed by atoms with Crippen molar-refractivity contribution in [3.8, 4) is 0 Å². The molecule has 0 atom stereocenters. The Hall–Kier alpha value is -1.85. The number of ketones is 1. The number of halogens is 2. The molecule has 0 aliphatic rings. The molecule has 0 saturated heterocycles. The predicted octanol–water partition coefficient (Wildman–Crippen LogP) is 3.50. The minimum absolute atomic E-state index is 0.194. The minimum atomic E-state index is -0.301. The zero-order chi connectivity index (χ0) is 14.3. The molecule has 0 fully saturated rings. The minimum Gasteiger partial charge on any atom is -0.306 e. The number of hydrogen-bond donors (Lipinski definition) is 2. The molecule has 2 aromatic carbocycles. The van der Waals surface area contributed by atoms with Crippen LogP contribution in [0.1, 0.15) is 15.9 Å². The van der Waals surface area contributed by atoms with Gasteiger partial charge in [-0.15, -0.1) is 0 Å². The normalized spacial score (nSPS) is 10.9. The van der Waals surface area contributed by atoms with Gasteiger partial charge in [0.2, 0.25) is 0 Å². The summed E-state index contributed by atoms with van der Waals surface area (Å²) in [5.74, 6) is -0.194. The second kappa shape index (κ2) is 4.92. The average Bonchev–Trinajstić information content (AvgIpc) is 2.79. The van der Waals surface area contributed by atoms with Crippen molar-refractivity contribution in [2.24, 2.45) is 0 Å². The van der Waals surface area contributed by atoms with Crippen LogP contribution in [0.15, 0.2) is 45.7 Å². The number of carbonyl (C=O) groups excluding carboxylic acids is 1. The van der Waals surface area contributed by atoms with Gasteiger partial charge in [0, 0.05) is 15.6 Å². The number of rotatable bonds is 2. The van der Waals surface area contributed by atoms with E-state index in [0.29, 0.717) is 27.2 Å². The average molecular weight is 352 g/mol. The van der Waals surface area contributed by atoms with Crippen molar-refractivity contribution in [3.63, 3.8) is 0 Å². The smallest absolute Gasteiger partial charge is 0.306 e. The van der Waals surface area contributed by atoms with Crippen molar-refractivity contribution < 1.29 is 4.79 Å². The Morgan fingerprint density at radius 2 is 1.80 bits per heavy atom. The third-order valence-corrected chi connectivity index (χ3v) is 3.77. The Balaban J connectivity index is 2.12. The van der Waals surface area contributed by atoms with Crippen LogP contribution >= 0.6 is 27.5 Å². The fourth-order valence-electron chi connectivity index (χ4n) is 2.00. The molecule has 3 aromatic rings. The molecule has 0 unspecified atom stereocenters. The Kier molecular flexibility index (Phi) is 3.23. The molecule has 0 aliphatic carbocycles. The Labute approximate surface area is 126 Å². The van der Waals surface area contributed by atoms with Crippen molar-refractivity contribution in [3.05, 3.63) is 67.5 Å². The van der Waals surface area contributed by atoms with Crippen LogP contribution < -0.4 is 5.69 Å². The third-order valence-electron chi connectivity index (χ3n) is 2.95. The Morgan fingerprint density at radius 1 is 1.05 bits per heavy atom. The summed E-state index contributed by atoms with van der Waals surface area (Å²) in [6, 6.07) is 10.1. The molecule has 0 spiro atoms. The van der Waals surface area contributed by atoms with E-state index in [1.165, 1.54) is 0 Å². The van der Waals surface area contributed by atoms with Crippen molar-refractivity contribution >= 4 is 44.3 Å².